The molecule has 15 heavy (non-hydrogen) atoms. The predicted octanol–water partition coefficient (Wildman–Crippen LogP) is 1.96. The molecule has 0 aromatic heterocycles. The predicted molar refractivity (Wildman–Crippen MR) is 55.4 cm³/mol. The van der Waals surface area contributed by atoms with Gasteiger partial charge in [-0.25, -0.2) is 0 Å². The summed E-state index contributed by atoms with van der Waals surface area (Å²) in [4.78, 5) is 22.5. The van der Waals surface area contributed by atoms with Gasteiger partial charge in [-0.05, 0) is 6.07 Å². The molecule has 1 aliphatic rings. The maximum Gasteiger partial charge on any atom is 0.315 e. The van der Waals surface area contributed by atoms with Crippen molar-refractivity contribution >= 4 is 23.4 Å². The van der Waals surface area contributed by atoms with Gasteiger partial charge in [-0.3, -0.25) is 9.59 Å². The normalized spacial score (nSPS) is 13.5. The fraction of sp³-hybridized carbons (Fsp3) is 0.273. The monoisotopic (exact) mass is 224 g/mol. The Bertz CT molecular complexity index is 426. The highest BCUT2D eigenvalue weighted by atomic mass is 35.5. The molecule has 0 amide bonds. The molecule has 3 nitrogen and oxygen atoms in total. The molecule has 1 aromatic rings. The first-order valence-electron chi connectivity index (χ1n) is 4.63. The molecule has 78 valence electrons. The van der Waals surface area contributed by atoms with Gasteiger partial charge < -0.3 is 4.74 Å². The number of carbonyl (C=O) groups is 2. The van der Waals surface area contributed by atoms with Crippen LogP contribution in [0.25, 0.3) is 0 Å². The summed E-state index contributed by atoms with van der Waals surface area (Å²) >= 11 is 5.48. The van der Waals surface area contributed by atoms with Gasteiger partial charge in [-0.1, -0.05) is 12.1 Å². The smallest absolute Gasteiger partial charge is 0.315 e. The zero-order valence-corrected chi connectivity index (χ0v) is 8.71. The quantitative estimate of drug-likeness (QED) is 0.341. The Morgan fingerprint density at radius 2 is 2.27 bits per heavy atom. The molecule has 0 saturated heterocycles. The van der Waals surface area contributed by atoms with Gasteiger partial charge in [0.2, 0.25) is 0 Å². The lowest BCUT2D eigenvalue weighted by Crippen LogP contribution is -2.01. The Morgan fingerprint density at radius 1 is 1.47 bits per heavy atom. The molecule has 0 radical (unpaired) electrons. The maximum atomic E-state index is 11.5. The minimum atomic E-state index is -0.271. The van der Waals surface area contributed by atoms with Crippen molar-refractivity contribution in [1.82, 2.24) is 0 Å². The third-order valence-electron chi connectivity index (χ3n) is 2.27. The first-order valence-corrected chi connectivity index (χ1v) is 5.17. The number of ether oxygens (including phenoxy) is 1. The van der Waals surface area contributed by atoms with Gasteiger partial charge in [0.1, 0.15) is 5.75 Å². The van der Waals surface area contributed by atoms with Crippen LogP contribution in [-0.2, 0) is 11.2 Å². The average molecular weight is 225 g/mol. The molecular formula is C11H9ClO3. The van der Waals surface area contributed by atoms with Crippen molar-refractivity contribution in [3.05, 3.63) is 29.3 Å². The number of rotatable bonds is 3. The fourth-order valence-corrected chi connectivity index (χ4v) is 1.69. The average Bonchev–Trinajstić information content (AvgIpc) is 2.57. The summed E-state index contributed by atoms with van der Waals surface area (Å²) in [6.45, 7) is 0. The summed E-state index contributed by atoms with van der Waals surface area (Å²) in [6, 6.07) is 5.06. The highest BCUT2D eigenvalue weighted by molar-refractivity contribution is 6.19. The lowest BCUT2D eigenvalue weighted by molar-refractivity contribution is -0.131. The Labute approximate surface area is 92.0 Å². The van der Waals surface area contributed by atoms with Crippen LogP contribution in [0.2, 0.25) is 0 Å². The van der Waals surface area contributed by atoms with Gasteiger partial charge in [-0.2, -0.15) is 0 Å². The van der Waals surface area contributed by atoms with Crippen LogP contribution in [0.5, 0.6) is 5.75 Å². The molecule has 1 aliphatic heterocycles. The number of hydrogen-bond donors (Lipinski definition) is 0. The maximum absolute atomic E-state index is 11.5. The van der Waals surface area contributed by atoms with Crippen molar-refractivity contribution in [1.29, 1.82) is 0 Å². The van der Waals surface area contributed by atoms with Crippen molar-refractivity contribution < 1.29 is 14.3 Å². The lowest BCUT2D eigenvalue weighted by Gasteiger charge is -2.01. The summed E-state index contributed by atoms with van der Waals surface area (Å²) in [5, 5.41) is 0. The summed E-state index contributed by atoms with van der Waals surface area (Å²) in [7, 11) is 0. The number of carbonyl (C=O) groups excluding carboxylic acids is 2. The van der Waals surface area contributed by atoms with Crippen LogP contribution in [0.15, 0.2) is 18.2 Å². The third-order valence-corrected chi connectivity index (χ3v) is 2.46. The van der Waals surface area contributed by atoms with E-state index in [1.165, 1.54) is 0 Å². The molecule has 2 rings (SSSR count). The second-order valence-corrected chi connectivity index (χ2v) is 3.71. The molecule has 0 aliphatic carbocycles. The highest BCUT2D eigenvalue weighted by Gasteiger charge is 2.21. The van der Waals surface area contributed by atoms with E-state index in [9.17, 15) is 9.59 Å². The number of hydrogen-bond acceptors (Lipinski definition) is 3. The van der Waals surface area contributed by atoms with Gasteiger partial charge in [0.25, 0.3) is 0 Å². The number of fused-ring (bicyclic) bond motifs is 1. The first-order chi connectivity index (χ1) is 7.20. The Hall–Kier alpha value is -1.35. The molecule has 0 spiro atoms. The van der Waals surface area contributed by atoms with Crippen LogP contribution >= 0.6 is 11.6 Å². The van der Waals surface area contributed by atoms with Crippen molar-refractivity contribution in [2.45, 2.75) is 12.8 Å². The fourth-order valence-electron chi connectivity index (χ4n) is 1.51. The molecule has 4 heteroatoms. The number of benzene rings is 1. The zero-order valence-electron chi connectivity index (χ0n) is 7.96. The van der Waals surface area contributed by atoms with Crippen LogP contribution in [0.3, 0.4) is 0 Å². The number of esters is 1. The summed E-state index contributed by atoms with van der Waals surface area (Å²) in [5.41, 5.74) is 1.38. The second kappa shape index (κ2) is 4.03. The third kappa shape index (κ3) is 2.02. The van der Waals surface area contributed by atoms with E-state index in [1.807, 2.05) is 0 Å². The van der Waals surface area contributed by atoms with E-state index in [0.717, 1.165) is 5.56 Å². The highest BCUT2D eigenvalue weighted by Crippen LogP contribution is 2.27. The number of alkyl halides is 1. The Morgan fingerprint density at radius 3 is 3.00 bits per heavy atom. The Kier molecular flexibility index (Phi) is 2.73. The van der Waals surface area contributed by atoms with E-state index in [-0.39, 0.29) is 11.8 Å². The molecule has 0 fully saturated rings. The van der Waals surface area contributed by atoms with Crippen LogP contribution in [0.4, 0.5) is 0 Å². The van der Waals surface area contributed by atoms with E-state index in [0.29, 0.717) is 30.0 Å². The van der Waals surface area contributed by atoms with Gasteiger partial charge in [0, 0.05) is 23.4 Å². The summed E-state index contributed by atoms with van der Waals surface area (Å²) < 4.78 is 4.95. The largest absolute Gasteiger partial charge is 0.426 e. The van der Waals surface area contributed by atoms with Gasteiger partial charge in [0.05, 0.1) is 6.42 Å². The van der Waals surface area contributed by atoms with Gasteiger partial charge in [0.15, 0.2) is 5.78 Å². The first kappa shape index (κ1) is 10.2. The van der Waals surface area contributed by atoms with E-state index in [1.54, 1.807) is 18.2 Å². The topological polar surface area (TPSA) is 43.4 Å². The number of halogens is 1. The van der Waals surface area contributed by atoms with E-state index >= 15 is 0 Å². The Balaban J connectivity index is 2.27. The SMILES string of the molecule is O=C1Cc2ccc(C(=O)CCCl)cc2O1. The van der Waals surface area contributed by atoms with E-state index in [2.05, 4.69) is 0 Å². The van der Waals surface area contributed by atoms with Crippen LogP contribution in [-0.4, -0.2) is 17.6 Å². The van der Waals surface area contributed by atoms with Crippen molar-refractivity contribution in [2.75, 3.05) is 5.88 Å². The zero-order chi connectivity index (χ0) is 10.8. The molecule has 1 aromatic carbocycles. The van der Waals surface area contributed by atoms with Crippen molar-refractivity contribution in [3.63, 3.8) is 0 Å². The summed E-state index contributed by atoms with van der Waals surface area (Å²) in [6.07, 6.45) is 0.591. The van der Waals surface area contributed by atoms with Gasteiger partial charge >= 0.3 is 5.97 Å². The number of ketones is 1. The van der Waals surface area contributed by atoms with Crippen LogP contribution in [0.1, 0.15) is 22.3 Å². The van der Waals surface area contributed by atoms with Crippen LogP contribution in [0, 0.1) is 0 Å². The van der Waals surface area contributed by atoms with Gasteiger partial charge in [-0.15, -0.1) is 11.6 Å². The molecule has 1 heterocycles. The molecule has 0 atom stereocenters. The van der Waals surface area contributed by atoms with E-state index in [4.69, 9.17) is 16.3 Å². The number of Topliss-reactive ketones (excluding diaryl/α,β-unsaturated/α-hetero) is 1. The summed E-state index contributed by atoms with van der Waals surface area (Å²) in [5.74, 6) is 0.499. The molecule has 0 N–H and O–H groups in total. The second-order valence-electron chi connectivity index (χ2n) is 3.34. The molecule has 0 bridgehead atoms. The lowest BCUT2D eigenvalue weighted by atomic mass is 10.1. The van der Waals surface area contributed by atoms with Crippen molar-refractivity contribution in [2.24, 2.45) is 0 Å². The minimum absolute atomic E-state index is 0.0317. The van der Waals surface area contributed by atoms with E-state index < -0.39 is 0 Å². The molecule has 0 unspecified atom stereocenters. The van der Waals surface area contributed by atoms with Crippen LogP contribution < -0.4 is 4.74 Å². The molecular weight excluding hydrogens is 216 g/mol. The minimum Gasteiger partial charge on any atom is -0.426 e. The molecule has 0 saturated carbocycles. The van der Waals surface area contributed by atoms with Crippen molar-refractivity contribution in [3.8, 4) is 5.75 Å². The standard InChI is InChI=1S/C11H9ClO3/c12-4-3-9(13)7-1-2-8-6-11(14)15-10(8)5-7/h1-2,5H,3-4,6H2.